The summed E-state index contributed by atoms with van der Waals surface area (Å²) in [5.41, 5.74) is 7.26. The van der Waals surface area contributed by atoms with Crippen LogP contribution >= 0.6 is 11.6 Å². The summed E-state index contributed by atoms with van der Waals surface area (Å²) in [5, 5.41) is 33.8. The van der Waals surface area contributed by atoms with E-state index in [1.54, 1.807) is 88.7 Å². The van der Waals surface area contributed by atoms with Crippen molar-refractivity contribution in [2.75, 3.05) is 19.5 Å². The molecule has 1 atom stereocenters. The van der Waals surface area contributed by atoms with Crippen LogP contribution in [0.3, 0.4) is 0 Å². The summed E-state index contributed by atoms with van der Waals surface area (Å²) in [7, 11) is 3.17. The van der Waals surface area contributed by atoms with Crippen LogP contribution in [0.5, 0.6) is 11.5 Å². The highest BCUT2D eigenvalue weighted by Crippen LogP contribution is 2.31. The summed E-state index contributed by atoms with van der Waals surface area (Å²) in [6.45, 7) is 7.48. The van der Waals surface area contributed by atoms with E-state index in [0.29, 0.717) is 44.2 Å². The zero-order valence-corrected chi connectivity index (χ0v) is 34.7. The number of aliphatic carboxylic acids is 2. The summed E-state index contributed by atoms with van der Waals surface area (Å²) in [4.78, 5) is 46.3. The number of para-hydroxylation sites is 1. The van der Waals surface area contributed by atoms with Gasteiger partial charge in [0.05, 0.1) is 43.3 Å². The second kappa shape index (κ2) is 19.6. The standard InChI is InChI=1S/C19H16ClNO4.C15H15NO2.C14H14O3/c1-11-15(10-18(22)23)16-9-14(25-2)7-8-17(16)21(11)19(24)12-3-5-13(20)6-4-12;1-10-6-5-9-13(11(10)2)16-14-8-4-3-7-12(14)15(17)18;1-9(14(15)16)10-3-4-12-8-13(17-2)6-5-11(12)7-10/h3-9H,10H2,1-2H3,(H,22,23);3-9,16H,1-2H3,(H,17,18);3-9H,1-2H3,(H,15,16)/t;;9-/m..0/s1. The van der Waals surface area contributed by atoms with Gasteiger partial charge < -0.3 is 30.1 Å². The van der Waals surface area contributed by atoms with Crippen molar-refractivity contribution >= 4 is 68.5 Å². The van der Waals surface area contributed by atoms with Gasteiger partial charge in [-0.25, -0.2) is 4.79 Å². The third kappa shape index (κ3) is 10.3. The predicted octanol–water partition coefficient (Wildman–Crippen LogP) is 10.7. The Hall–Kier alpha value is -7.11. The average Bonchev–Trinajstić information content (AvgIpc) is 3.51. The fourth-order valence-electron chi connectivity index (χ4n) is 6.54. The first-order chi connectivity index (χ1) is 28.6. The Labute approximate surface area is 352 Å². The van der Waals surface area contributed by atoms with Gasteiger partial charge >= 0.3 is 17.9 Å². The number of nitrogens with zero attached hydrogens (tertiary/aromatic N) is 1. The maximum atomic E-state index is 13.0. The first-order valence-corrected chi connectivity index (χ1v) is 19.2. The van der Waals surface area contributed by atoms with Crippen LogP contribution in [0.25, 0.3) is 21.7 Å². The van der Waals surface area contributed by atoms with Gasteiger partial charge in [-0.1, -0.05) is 60.1 Å². The van der Waals surface area contributed by atoms with E-state index in [1.165, 1.54) is 10.1 Å². The second-order valence-electron chi connectivity index (χ2n) is 13.9. The van der Waals surface area contributed by atoms with Crippen LogP contribution in [-0.2, 0) is 16.0 Å². The molecule has 12 heteroatoms. The molecule has 11 nitrogen and oxygen atoms in total. The van der Waals surface area contributed by atoms with E-state index >= 15 is 0 Å². The van der Waals surface area contributed by atoms with Crippen LogP contribution in [0.2, 0.25) is 5.02 Å². The molecule has 308 valence electrons. The van der Waals surface area contributed by atoms with Crippen molar-refractivity contribution in [3.05, 3.63) is 165 Å². The smallest absolute Gasteiger partial charge is 0.337 e. The van der Waals surface area contributed by atoms with Crippen molar-refractivity contribution < 1.29 is 44.0 Å². The van der Waals surface area contributed by atoms with Crippen molar-refractivity contribution in [1.29, 1.82) is 0 Å². The van der Waals surface area contributed by atoms with Gasteiger partial charge in [-0.3, -0.25) is 19.0 Å². The normalized spacial score (nSPS) is 11.1. The molecule has 1 aromatic heterocycles. The minimum Gasteiger partial charge on any atom is -0.497 e. The molecule has 60 heavy (non-hydrogen) atoms. The number of anilines is 2. The highest BCUT2D eigenvalue weighted by atomic mass is 35.5. The molecule has 0 radical (unpaired) electrons. The number of ether oxygens (including phenoxy) is 2. The van der Waals surface area contributed by atoms with Gasteiger partial charge in [0.15, 0.2) is 0 Å². The predicted molar refractivity (Wildman–Crippen MR) is 235 cm³/mol. The lowest BCUT2D eigenvalue weighted by atomic mass is 9.98. The second-order valence-corrected chi connectivity index (χ2v) is 14.4. The molecule has 0 unspecified atom stereocenters. The van der Waals surface area contributed by atoms with Gasteiger partial charge in [-0.2, -0.15) is 0 Å². The molecule has 0 bridgehead atoms. The minimum absolute atomic E-state index is 0.170. The third-order valence-corrected chi connectivity index (χ3v) is 10.4. The Morgan fingerprint density at radius 1 is 0.717 bits per heavy atom. The van der Waals surface area contributed by atoms with Crippen LogP contribution in [0.4, 0.5) is 11.4 Å². The Balaban J connectivity index is 0.000000175. The maximum Gasteiger partial charge on any atom is 0.337 e. The number of methoxy groups -OCH3 is 2. The first kappa shape index (κ1) is 44.0. The Bertz CT molecular complexity index is 2700. The van der Waals surface area contributed by atoms with Gasteiger partial charge in [0.25, 0.3) is 5.91 Å². The van der Waals surface area contributed by atoms with Crippen molar-refractivity contribution in [3.63, 3.8) is 0 Å². The summed E-state index contributed by atoms with van der Waals surface area (Å²) >= 11 is 5.89. The average molecular weight is 829 g/mol. The lowest BCUT2D eigenvalue weighted by molar-refractivity contribution is -0.138. The Morgan fingerprint density at radius 2 is 1.33 bits per heavy atom. The number of carbonyl (C=O) groups excluding carboxylic acids is 1. The number of aromatic carboxylic acids is 1. The van der Waals surface area contributed by atoms with Crippen molar-refractivity contribution in [2.45, 2.75) is 40.0 Å². The lowest BCUT2D eigenvalue weighted by Crippen LogP contribution is -2.14. The SMILES string of the molecule is COc1ccc2c(c1)c(CC(=O)O)c(C)n2C(=O)c1ccc(Cl)cc1.COc1ccc2cc([C@H](C)C(=O)O)ccc2c1.Cc1cccc(Nc2ccccc2C(=O)O)c1C. The molecule has 0 spiro atoms. The Kier molecular flexibility index (Phi) is 14.3. The largest absolute Gasteiger partial charge is 0.497 e. The van der Waals surface area contributed by atoms with Crippen LogP contribution in [0.1, 0.15) is 61.5 Å². The summed E-state index contributed by atoms with van der Waals surface area (Å²) < 4.78 is 11.9. The van der Waals surface area contributed by atoms with Crippen molar-refractivity contribution in [1.82, 2.24) is 4.57 Å². The zero-order valence-electron chi connectivity index (χ0n) is 33.9. The van der Waals surface area contributed by atoms with E-state index in [1.807, 2.05) is 74.5 Å². The minimum atomic E-state index is -0.955. The molecule has 0 saturated heterocycles. The molecular formula is C48H45ClN2O9. The van der Waals surface area contributed by atoms with Gasteiger partial charge in [0.2, 0.25) is 0 Å². The number of aryl methyl sites for hydroxylation is 1. The molecule has 0 aliphatic heterocycles. The molecule has 0 aliphatic rings. The third-order valence-electron chi connectivity index (χ3n) is 10.1. The number of halogens is 1. The van der Waals surface area contributed by atoms with Crippen LogP contribution < -0.4 is 14.8 Å². The topological polar surface area (TPSA) is 164 Å². The van der Waals surface area contributed by atoms with E-state index in [4.69, 9.17) is 31.3 Å². The number of hydrogen-bond donors (Lipinski definition) is 4. The number of carboxylic acid groups (broad SMARTS) is 3. The van der Waals surface area contributed by atoms with E-state index in [2.05, 4.69) is 5.32 Å². The first-order valence-electron chi connectivity index (χ1n) is 18.8. The van der Waals surface area contributed by atoms with E-state index in [-0.39, 0.29) is 17.9 Å². The fourth-order valence-corrected chi connectivity index (χ4v) is 6.66. The van der Waals surface area contributed by atoms with Crippen molar-refractivity contribution in [2.24, 2.45) is 0 Å². The number of nitrogens with one attached hydrogen (secondary N) is 1. The molecule has 7 rings (SSSR count). The van der Waals surface area contributed by atoms with Gasteiger partial charge in [-0.05, 0) is 134 Å². The molecule has 7 aromatic rings. The lowest BCUT2D eigenvalue weighted by Gasteiger charge is -2.13. The van der Waals surface area contributed by atoms with Crippen molar-refractivity contribution in [3.8, 4) is 11.5 Å². The Morgan fingerprint density at radius 3 is 1.98 bits per heavy atom. The highest BCUT2D eigenvalue weighted by molar-refractivity contribution is 6.30. The summed E-state index contributed by atoms with van der Waals surface area (Å²) in [5.74, 6) is -2.00. The molecular weight excluding hydrogens is 784 g/mol. The van der Waals surface area contributed by atoms with E-state index in [0.717, 1.165) is 33.3 Å². The van der Waals surface area contributed by atoms with E-state index < -0.39 is 23.8 Å². The number of benzene rings is 6. The maximum absolute atomic E-state index is 13.0. The van der Waals surface area contributed by atoms with Crippen LogP contribution in [0, 0.1) is 20.8 Å². The van der Waals surface area contributed by atoms with Gasteiger partial charge in [0, 0.05) is 27.4 Å². The fraction of sp³-hybridized carbons (Fsp3) is 0.167. The van der Waals surface area contributed by atoms with Crippen LogP contribution in [0.15, 0.2) is 121 Å². The number of carbonyl (C=O) groups is 4. The number of rotatable bonds is 10. The van der Waals surface area contributed by atoms with Gasteiger partial charge in [-0.15, -0.1) is 0 Å². The quantitative estimate of drug-likeness (QED) is 0.104. The molecule has 4 N–H and O–H groups in total. The number of hydrogen-bond acceptors (Lipinski definition) is 7. The number of aromatic nitrogens is 1. The zero-order chi connectivity index (χ0) is 43.7. The van der Waals surface area contributed by atoms with Crippen LogP contribution in [-0.4, -0.2) is 57.9 Å². The monoisotopic (exact) mass is 828 g/mol. The summed E-state index contributed by atoms with van der Waals surface area (Å²) in [6, 6.07) is 36.1. The molecule has 0 saturated carbocycles. The van der Waals surface area contributed by atoms with E-state index in [9.17, 15) is 24.3 Å². The highest BCUT2D eigenvalue weighted by Gasteiger charge is 2.22. The number of carboxylic acids is 3. The number of fused-ring (bicyclic) bond motifs is 2. The molecule has 0 amide bonds. The molecule has 0 fully saturated rings. The molecule has 0 aliphatic carbocycles. The molecule has 1 heterocycles. The summed E-state index contributed by atoms with van der Waals surface area (Å²) in [6.07, 6.45) is -0.170. The molecule has 6 aromatic carbocycles. The van der Waals surface area contributed by atoms with Gasteiger partial charge in [0.1, 0.15) is 11.5 Å².